The average Bonchev–Trinajstić information content (AvgIpc) is 2.47. The van der Waals surface area contributed by atoms with Crippen LogP contribution in [0.2, 0.25) is 0 Å². The predicted molar refractivity (Wildman–Crippen MR) is 77.2 cm³/mol. The van der Waals surface area contributed by atoms with Crippen LogP contribution in [0.5, 0.6) is 0 Å². The Morgan fingerprint density at radius 1 is 1.33 bits per heavy atom. The van der Waals surface area contributed by atoms with E-state index >= 15 is 0 Å². The van der Waals surface area contributed by atoms with Crippen molar-refractivity contribution < 1.29 is 9.72 Å². The van der Waals surface area contributed by atoms with Crippen LogP contribution in [-0.4, -0.2) is 20.8 Å². The van der Waals surface area contributed by atoms with E-state index < -0.39 is 10.8 Å². The maximum atomic E-state index is 12.0. The van der Waals surface area contributed by atoms with E-state index in [1.165, 1.54) is 18.5 Å². The van der Waals surface area contributed by atoms with Crippen LogP contribution in [-0.2, 0) is 6.42 Å². The van der Waals surface area contributed by atoms with Crippen LogP contribution >= 0.6 is 0 Å². The Balaban J connectivity index is 2.23. The van der Waals surface area contributed by atoms with E-state index in [9.17, 15) is 14.9 Å². The highest BCUT2D eigenvalue weighted by Crippen LogP contribution is 2.23. The van der Waals surface area contributed by atoms with E-state index in [-0.39, 0.29) is 11.4 Å². The summed E-state index contributed by atoms with van der Waals surface area (Å²) in [6, 6.07) is 4.61. The van der Waals surface area contributed by atoms with Gasteiger partial charge in [-0.25, -0.2) is 4.98 Å². The number of nitrogens with zero attached hydrogens (tertiary/aromatic N) is 3. The Morgan fingerprint density at radius 2 is 2.10 bits per heavy atom. The maximum absolute atomic E-state index is 12.0. The van der Waals surface area contributed by atoms with Crippen molar-refractivity contribution in [2.45, 2.75) is 20.3 Å². The minimum atomic E-state index is -0.458. The molecule has 2 aromatic rings. The summed E-state index contributed by atoms with van der Waals surface area (Å²) in [4.78, 5) is 30.5. The number of carbonyl (C=O) groups is 1. The van der Waals surface area contributed by atoms with Gasteiger partial charge in [-0.1, -0.05) is 13.0 Å². The van der Waals surface area contributed by atoms with Crippen molar-refractivity contribution >= 4 is 17.3 Å². The number of benzene rings is 1. The third kappa shape index (κ3) is 3.38. The molecule has 7 nitrogen and oxygen atoms in total. The molecule has 0 aliphatic rings. The maximum Gasteiger partial charge on any atom is 0.275 e. The zero-order valence-corrected chi connectivity index (χ0v) is 11.7. The van der Waals surface area contributed by atoms with Crippen LogP contribution in [0.3, 0.4) is 0 Å². The summed E-state index contributed by atoms with van der Waals surface area (Å²) in [7, 11) is 0. The Bertz CT molecular complexity index is 683. The van der Waals surface area contributed by atoms with Crippen LogP contribution < -0.4 is 5.32 Å². The highest BCUT2D eigenvalue weighted by Gasteiger charge is 2.15. The molecule has 1 N–H and O–H groups in total. The standard InChI is InChI=1S/C14H14N4O3/c1-3-10-4-5-11(6-13(10)18(20)21)17-14(19)12-8-15-9(2)7-16-12/h4-8H,3H2,1-2H3,(H,17,19). The fourth-order valence-corrected chi connectivity index (χ4v) is 1.82. The normalized spacial score (nSPS) is 10.2. The molecule has 0 atom stereocenters. The van der Waals surface area contributed by atoms with E-state index in [2.05, 4.69) is 15.3 Å². The van der Waals surface area contributed by atoms with Gasteiger partial charge in [-0.2, -0.15) is 0 Å². The fraction of sp³-hybridized carbons (Fsp3) is 0.214. The van der Waals surface area contributed by atoms with Crippen molar-refractivity contribution in [3.05, 3.63) is 57.7 Å². The Hall–Kier alpha value is -2.83. The van der Waals surface area contributed by atoms with Crippen molar-refractivity contribution in [2.24, 2.45) is 0 Å². The predicted octanol–water partition coefficient (Wildman–Crippen LogP) is 2.51. The van der Waals surface area contributed by atoms with Gasteiger partial charge in [0.25, 0.3) is 11.6 Å². The lowest BCUT2D eigenvalue weighted by Crippen LogP contribution is -2.14. The fourth-order valence-electron chi connectivity index (χ4n) is 1.82. The number of rotatable bonds is 4. The second-order valence-electron chi connectivity index (χ2n) is 4.45. The van der Waals surface area contributed by atoms with Crippen molar-refractivity contribution in [2.75, 3.05) is 5.32 Å². The highest BCUT2D eigenvalue weighted by molar-refractivity contribution is 6.02. The van der Waals surface area contributed by atoms with Gasteiger partial charge in [-0.15, -0.1) is 0 Å². The molecule has 0 aliphatic heterocycles. The largest absolute Gasteiger partial charge is 0.320 e. The molecular formula is C14H14N4O3. The number of aromatic nitrogens is 2. The van der Waals surface area contributed by atoms with Gasteiger partial charge in [0.15, 0.2) is 0 Å². The van der Waals surface area contributed by atoms with E-state index in [1.807, 2.05) is 6.92 Å². The Labute approximate surface area is 121 Å². The van der Waals surface area contributed by atoms with Crippen LogP contribution in [0.4, 0.5) is 11.4 Å². The average molecular weight is 286 g/mol. The molecule has 0 radical (unpaired) electrons. The molecule has 1 aromatic carbocycles. The summed E-state index contributed by atoms with van der Waals surface area (Å²) in [5.41, 5.74) is 1.82. The number of aryl methyl sites for hydroxylation is 2. The third-order valence-corrected chi connectivity index (χ3v) is 2.93. The van der Waals surface area contributed by atoms with E-state index in [0.717, 1.165) is 0 Å². The van der Waals surface area contributed by atoms with Gasteiger partial charge in [0.05, 0.1) is 16.8 Å². The molecule has 1 aromatic heterocycles. The smallest absolute Gasteiger partial charge is 0.275 e. The molecule has 0 fully saturated rings. The monoisotopic (exact) mass is 286 g/mol. The zero-order chi connectivity index (χ0) is 15.4. The van der Waals surface area contributed by atoms with E-state index in [0.29, 0.717) is 23.4 Å². The topological polar surface area (TPSA) is 98.0 Å². The Kier molecular flexibility index (Phi) is 4.22. The van der Waals surface area contributed by atoms with Gasteiger partial charge in [0.1, 0.15) is 5.69 Å². The molecule has 21 heavy (non-hydrogen) atoms. The van der Waals surface area contributed by atoms with E-state index in [1.54, 1.807) is 19.1 Å². The van der Waals surface area contributed by atoms with Crippen LogP contribution in [0, 0.1) is 17.0 Å². The summed E-state index contributed by atoms with van der Waals surface area (Å²) in [6.45, 7) is 3.60. The number of nitro benzene ring substituents is 1. The summed E-state index contributed by atoms with van der Waals surface area (Å²) < 4.78 is 0. The molecule has 1 heterocycles. The lowest BCUT2D eigenvalue weighted by atomic mass is 10.1. The van der Waals surface area contributed by atoms with Crippen LogP contribution in [0.1, 0.15) is 28.7 Å². The van der Waals surface area contributed by atoms with Crippen molar-refractivity contribution in [1.82, 2.24) is 9.97 Å². The number of hydrogen-bond acceptors (Lipinski definition) is 5. The number of nitro groups is 1. The minimum absolute atomic E-state index is 0.00899. The highest BCUT2D eigenvalue weighted by atomic mass is 16.6. The van der Waals surface area contributed by atoms with Crippen LogP contribution in [0.15, 0.2) is 30.6 Å². The minimum Gasteiger partial charge on any atom is -0.320 e. The summed E-state index contributed by atoms with van der Waals surface area (Å²) >= 11 is 0. The molecule has 2 rings (SSSR count). The van der Waals surface area contributed by atoms with Crippen LogP contribution in [0.25, 0.3) is 0 Å². The molecular weight excluding hydrogens is 272 g/mol. The molecule has 0 aliphatic carbocycles. The van der Waals surface area contributed by atoms with Gasteiger partial charge in [0.2, 0.25) is 0 Å². The molecule has 108 valence electrons. The summed E-state index contributed by atoms with van der Waals surface area (Å²) in [5, 5.41) is 13.6. The van der Waals surface area contributed by atoms with Gasteiger partial charge in [-0.05, 0) is 19.4 Å². The SMILES string of the molecule is CCc1ccc(NC(=O)c2cnc(C)cn2)cc1[N+](=O)[O-]. The van der Waals surface area contributed by atoms with Gasteiger partial charge < -0.3 is 5.32 Å². The first-order chi connectivity index (χ1) is 10.0. The number of nitrogens with one attached hydrogen (secondary N) is 1. The quantitative estimate of drug-likeness (QED) is 0.687. The van der Waals surface area contributed by atoms with Gasteiger partial charge in [0, 0.05) is 23.5 Å². The molecule has 7 heteroatoms. The summed E-state index contributed by atoms with van der Waals surface area (Å²) in [6.07, 6.45) is 3.39. The molecule has 1 amide bonds. The second-order valence-corrected chi connectivity index (χ2v) is 4.45. The number of carbonyl (C=O) groups excluding carboxylic acids is 1. The number of hydrogen-bond donors (Lipinski definition) is 1. The molecule has 0 bridgehead atoms. The zero-order valence-electron chi connectivity index (χ0n) is 11.7. The Morgan fingerprint density at radius 3 is 2.67 bits per heavy atom. The number of anilines is 1. The summed E-state index contributed by atoms with van der Waals surface area (Å²) in [5.74, 6) is -0.457. The molecule has 0 saturated heterocycles. The first kappa shape index (κ1) is 14.6. The van der Waals surface area contributed by atoms with Gasteiger partial charge >= 0.3 is 0 Å². The second kappa shape index (κ2) is 6.08. The van der Waals surface area contributed by atoms with Crippen molar-refractivity contribution in [1.29, 1.82) is 0 Å². The van der Waals surface area contributed by atoms with Crippen molar-refractivity contribution in [3.63, 3.8) is 0 Å². The first-order valence-corrected chi connectivity index (χ1v) is 6.38. The van der Waals surface area contributed by atoms with Gasteiger partial charge in [-0.3, -0.25) is 19.9 Å². The third-order valence-electron chi connectivity index (χ3n) is 2.93. The lowest BCUT2D eigenvalue weighted by Gasteiger charge is -2.06. The molecule has 0 unspecified atom stereocenters. The lowest BCUT2D eigenvalue weighted by molar-refractivity contribution is -0.385. The van der Waals surface area contributed by atoms with E-state index in [4.69, 9.17) is 0 Å². The molecule has 0 spiro atoms. The number of amides is 1. The first-order valence-electron chi connectivity index (χ1n) is 6.38. The van der Waals surface area contributed by atoms with Crippen molar-refractivity contribution in [3.8, 4) is 0 Å². The molecule has 0 saturated carbocycles.